The van der Waals surface area contributed by atoms with Crippen LogP contribution < -0.4 is 10.9 Å². The number of halogens is 11. The van der Waals surface area contributed by atoms with E-state index in [2.05, 4.69) is 5.43 Å². The summed E-state index contributed by atoms with van der Waals surface area (Å²) < 4.78 is 111. The third-order valence-electron chi connectivity index (χ3n) is 5.06. The lowest BCUT2D eigenvalue weighted by atomic mass is 9.95. The second-order valence-electron chi connectivity index (χ2n) is 7.65. The number of anilines is 1. The number of hydrogen-bond acceptors (Lipinski definition) is 2. The van der Waals surface area contributed by atoms with E-state index in [9.17, 15) is 39.9 Å². The van der Waals surface area contributed by atoms with Gasteiger partial charge in [-0.2, -0.15) is 26.3 Å². The number of carbonyl (C=O) groups is 1. The first-order valence-electron chi connectivity index (χ1n) is 10.2. The second-order valence-corrected chi connectivity index (χ2v) is 8.84. The Morgan fingerprint density at radius 1 is 0.895 bits per heavy atom. The molecular formula is C24H13Cl3F8N2O. The van der Waals surface area contributed by atoms with Gasteiger partial charge in [0.15, 0.2) is 0 Å². The summed E-state index contributed by atoms with van der Waals surface area (Å²) in [6.07, 6.45) is -10.3. The minimum Gasteiger partial charge on any atom is -0.295 e. The van der Waals surface area contributed by atoms with E-state index < -0.39 is 58.1 Å². The summed E-state index contributed by atoms with van der Waals surface area (Å²) >= 11 is 17.3. The zero-order chi connectivity index (χ0) is 28.4. The molecule has 202 valence electrons. The SMILES string of the molecule is O=C(NNc1ccccc1F)c1ccc(C(F)=CC(c2cc(Cl)c(Cl)c(Cl)c2)C(F)(F)F)cc1C(F)(F)F. The minimum atomic E-state index is -5.21. The Balaban J connectivity index is 1.99. The highest BCUT2D eigenvalue weighted by molar-refractivity contribution is 6.48. The standard InChI is InChI=1S/C24H13Cl3F8N2O/c25-16-8-12(9-17(26)21(16)27)14(23(30,31)32)10-19(29)11-5-6-13(15(7-11)24(33,34)35)22(38)37-36-20-4-2-1-3-18(20)28/h1-10,14,36H,(H,37,38). The van der Waals surface area contributed by atoms with Crippen molar-refractivity contribution < 1.29 is 39.9 Å². The smallest absolute Gasteiger partial charge is 0.295 e. The number of para-hydroxylation sites is 1. The van der Waals surface area contributed by atoms with Crippen molar-refractivity contribution in [3.8, 4) is 0 Å². The maximum atomic E-state index is 14.9. The lowest BCUT2D eigenvalue weighted by Crippen LogP contribution is -2.31. The fraction of sp³-hybridized carbons (Fsp3) is 0.125. The van der Waals surface area contributed by atoms with Crippen molar-refractivity contribution in [1.29, 1.82) is 0 Å². The van der Waals surface area contributed by atoms with Gasteiger partial charge in [0.05, 0.1) is 31.9 Å². The Morgan fingerprint density at radius 2 is 1.50 bits per heavy atom. The number of amides is 1. The first kappa shape index (κ1) is 29.5. The van der Waals surface area contributed by atoms with E-state index in [-0.39, 0.29) is 32.9 Å². The van der Waals surface area contributed by atoms with E-state index in [1.54, 1.807) is 0 Å². The molecule has 0 radical (unpaired) electrons. The molecule has 38 heavy (non-hydrogen) atoms. The molecule has 0 fully saturated rings. The highest BCUT2D eigenvalue weighted by Crippen LogP contribution is 2.42. The van der Waals surface area contributed by atoms with Gasteiger partial charge in [-0.1, -0.05) is 53.0 Å². The quantitative estimate of drug-likeness (QED) is 0.168. The van der Waals surface area contributed by atoms with Crippen molar-refractivity contribution in [2.75, 3.05) is 5.43 Å². The number of rotatable bonds is 6. The molecule has 1 atom stereocenters. The summed E-state index contributed by atoms with van der Waals surface area (Å²) in [7, 11) is 0. The van der Waals surface area contributed by atoms with Gasteiger partial charge in [0.25, 0.3) is 5.91 Å². The highest BCUT2D eigenvalue weighted by Gasteiger charge is 2.41. The van der Waals surface area contributed by atoms with Crippen LogP contribution in [0.1, 0.15) is 33.0 Å². The van der Waals surface area contributed by atoms with Crippen LogP contribution in [-0.4, -0.2) is 12.1 Å². The van der Waals surface area contributed by atoms with Crippen LogP contribution in [0.3, 0.4) is 0 Å². The average Bonchev–Trinajstić information content (AvgIpc) is 2.83. The first-order valence-corrected chi connectivity index (χ1v) is 11.3. The van der Waals surface area contributed by atoms with Gasteiger partial charge in [0.2, 0.25) is 0 Å². The molecule has 14 heteroatoms. The molecule has 1 amide bonds. The molecule has 1 unspecified atom stereocenters. The van der Waals surface area contributed by atoms with E-state index in [0.29, 0.717) is 12.1 Å². The van der Waals surface area contributed by atoms with Gasteiger partial charge in [-0.15, -0.1) is 0 Å². The third-order valence-corrected chi connectivity index (χ3v) is 6.26. The highest BCUT2D eigenvalue weighted by atomic mass is 35.5. The number of carbonyl (C=O) groups excluding carboxylic acids is 1. The number of alkyl halides is 6. The molecule has 0 saturated carbocycles. The van der Waals surface area contributed by atoms with Gasteiger partial charge >= 0.3 is 12.4 Å². The Hall–Kier alpha value is -3.02. The van der Waals surface area contributed by atoms with Gasteiger partial charge in [0, 0.05) is 5.56 Å². The summed E-state index contributed by atoms with van der Waals surface area (Å²) in [6, 6.07) is 7.99. The average molecular weight is 604 g/mol. The number of hydrogen-bond donors (Lipinski definition) is 2. The van der Waals surface area contributed by atoms with Crippen LogP contribution in [0, 0.1) is 5.82 Å². The van der Waals surface area contributed by atoms with Crippen molar-refractivity contribution in [3.63, 3.8) is 0 Å². The molecule has 3 aromatic carbocycles. The maximum absolute atomic E-state index is 14.9. The number of allylic oxidation sites excluding steroid dienone is 1. The predicted octanol–water partition coefficient (Wildman–Crippen LogP) is 9.22. The van der Waals surface area contributed by atoms with Crippen molar-refractivity contribution in [2.24, 2.45) is 0 Å². The Kier molecular flexibility index (Phi) is 8.85. The Labute approximate surface area is 225 Å². The zero-order valence-corrected chi connectivity index (χ0v) is 20.7. The van der Waals surface area contributed by atoms with Crippen molar-refractivity contribution in [1.82, 2.24) is 5.43 Å². The van der Waals surface area contributed by atoms with Crippen molar-refractivity contribution in [3.05, 3.63) is 104 Å². The first-order chi connectivity index (χ1) is 17.6. The van der Waals surface area contributed by atoms with Gasteiger partial charge in [-0.05, 0) is 48.0 Å². The molecule has 0 aliphatic rings. The topological polar surface area (TPSA) is 41.1 Å². The fourth-order valence-electron chi connectivity index (χ4n) is 3.26. The number of nitrogens with one attached hydrogen (secondary N) is 2. The zero-order valence-electron chi connectivity index (χ0n) is 18.4. The molecule has 0 heterocycles. The van der Waals surface area contributed by atoms with Crippen molar-refractivity contribution in [2.45, 2.75) is 18.3 Å². The predicted molar refractivity (Wildman–Crippen MR) is 128 cm³/mol. The van der Waals surface area contributed by atoms with Crippen LogP contribution in [0.2, 0.25) is 15.1 Å². The molecule has 0 spiro atoms. The van der Waals surface area contributed by atoms with E-state index in [1.165, 1.54) is 18.2 Å². The largest absolute Gasteiger partial charge is 0.417 e. The molecular weight excluding hydrogens is 591 g/mol. The van der Waals surface area contributed by atoms with E-state index >= 15 is 0 Å². The summed E-state index contributed by atoms with van der Waals surface area (Å²) in [5.41, 5.74) is -0.397. The molecule has 3 nitrogen and oxygen atoms in total. The van der Waals surface area contributed by atoms with Crippen LogP contribution >= 0.6 is 34.8 Å². The molecule has 0 saturated heterocycles. The molecule has 0 aliphatic carbocycles. The molecule has 3 rings (SSSR count). The Morgan fingerprint density at radius 3 is 2.05 bits per heavy atom. The lowest BCUT2D eigenvalue weighted by Gasteiger charge is -2.19. The number of hydrazine groups is 1. The molecule has 0 aliphatic heterocycles. The van der Waals surface area contributed by atoms with E-state index in [4.69, 9.17) is 34.8 Å². The van der Waals surface area contributed by atoms with Crippen LogP contribution in [0.4, 0.5) is 40.8 Å². The molecule has 0 aromatic heterocycles. The maximum Gasteiger partial charge on any atom is 0.417 e. The summed E-state index contributed by atoms with van der Waals surface area (Å²) in [4.78, 5) is 12.4. The summed E-state index contributed by atoms with van der Waals surface area (Å²) in [5.74, 6) is -6.50. The monoisotopic (exact) mass is 602 g/mol. The van der Waals surface area contributed by atoms with Gasteiger partial charge in [-0.3, -0.25) is 15.6 Å². The van der Waals surface area contributed by atoms with E-state index in [1.807, 2.05) is 5.43 Å². The van der Waals surface area contributed by atoms with Crippen LogP contribution in [0.15, 0.2) is 60.7 Å². The third kappa shape index (κ3) is 6.89. The van der Waals surface area contributed by atoms with Crippen LogP contribution in [0.25, 0.3) is 5.83 Å². The molecule has 2 N–H and O–H groups in total. The summed E-state index contributed by atoms with van der Waals surface area (Å²) in [5, 5.41) is -0.942. The number of benzene rings is 3. The normalized spacial score (nSPS) is 13.3. The van der Waals surface area contributed by atoms with Gasteiger partial charge in [-0.25, -0.2) is 8.78 Å². The fourth-order valence-corrected chi connectivity index (χ4v) is 3.87. The van der Waals surface area contributed by atoms with Crippen LogP contribution in [-0.2, 0) is 6.18 Å². The molecule has 3 aromatic rings. The minimum absolute atomic E-state index is 0.0465. The molecule has 0 bridgehead atoms. The van der Waals surface area contributed by atoms with Crippen LogP contribution in [0.5, 0.6) is 0 Å². The van der Waals surface area contributed by atoms with Crippen molar-refractivity contribution >= 4 is 52.2 Å². The van der Waals surface area contributed by atoms with E-state index in [0.717, 1.165) is 18.2 Å². The Bertz CT molecular complexity index is 1370. The second kappa shape index (κ2) is 11.4. The van der Waals surface area contributed by atoms with Gasteiger partial charge in [0.1, 0.15) is 17.6 Å². The summed E-state index contributed by atoms with van der Waals surface area (Å²) in [6.45, 7) is 0. The lowest BCUT2D eigenvalue weighted by molar-refractivity contribution is -0.140. The van der Waals surface area contributed by atoms with Gasteiger partial charge < -0.3 is 0 Å².